The first-order chi connectivity index (χ1) is 10.7. The second kappa shape index (κ2) is 7.07. The van der Waals surface area contributed by atoms with Crippen molar-refractivity contribution in [3.05, 3.63) is 35.6 Å². The van der Waals surface area contributed by atoms with Crippen LogP contribution in [-0.4, -0.2) is 51.0 Å². The first-order valence-corrected chi connectivity index (χ1v) is 8.30. The zero-order valence-corrected chi connectivity index (χ0v) is 13.4. The molecule has 0 unspecified atom stereocenters. The van der Waals surface area contributed by atoms with Crippen molar-refractivity contribution < 1.29 is 13.9 Å². The standard InChI is InChI=1S/C18H26FNO2/c1-15(16-2-4-17(19)5-3-16)12-20-8-11-22-14-18(13-20)6-9-21-10-7-18/h2-5,15H,6-14H2,1H3/t15-/m1/s1. The van der Waals surface area contributed by atoms with Gasteiger partial charge in [-0.05, 0) is 36.5 Å². The van der Waals surface area contributed by atoms with Crippen LogP contribution in [0.4, 0.5) is 4.39 Å². The smallest absolute Gasteiger partial charge is 0.123 e. The van der Waals surface area contributed by atoms with Crippen LogP contribution < -0.4 is 0 Å². The molecule has 1 atom stereocenters. The van der Waals surface area contributed by atoms with Gasteiger partial charge in [0.05, 0.1) is 13.2 Å². The van der Waals surface area contributed by atoms with Gasteiger partial charge in [0.15, 0.2) is 0 Å². The Morgan fingerprint density at radius 2 is 1.86 bits per heavy atom. The summed E-state index contributed by atoms with van der Waals surface area (Å²) in [5.41, 5.74) is 1.46. The van der Waals surface area contributed by atoms with E-state index in [2.05, 4.69) is 11.8 Å². The first-order valence-electron chi connectivity index (χ1n) is 8.30. The van der Waals surface area contributed by atoms with E-state index >= 15 is 0 Å². The van der Waals surface area contributed by atoms with Gasteiger partial charge in [-0.3, -0.25) is 4.90 Å². The summed E-state index contributed by atoms with van der Waals surface area (Å²) in [6, 6.07) is 6.91. The largest absolute Gasteiger partial charge is 0.381 e. The van der Waals surface area contributed by atoms with Gasteiger partial charge < -0.3 is 9.47 Å². The maximum atomic E-state index is 13.1. The van der Waals surface area contributed by atoms with Crippen molar-refractivity contribution in [2.24, 2.45) is 5.41 Å². The van der Waals surface area contributed by atoms with E-state index in [1.54, 1.807) is 12.1 Å². The Morgan fingerprint density at radius 1 is 1.14 bits per heavy atom. The van der Waals surface area contributed by atoms with Crippen molar-refractivity contribution in [1.29, 1.82) is 0 Å². The molecule has 0 aromatic heterocycles. The quantitative estimate of drug-likeness (QED) is 0.857. The Labute approximate surface area is 132 Å². The van der Waals surface area contributed by atoms with Gasteiger partial charge in [-0.15, -0.1) is 0 Å². The zero-order chi connectivity index (χ0) is 15.4. The van der Waals surface area contributed by atoms with E-state index < -0.39 is 0 Å². The number of halogens is 1. The number of ether oxygens (including phenoxy) is 2. The van der Waals surface area contributed by atoms with E-state index in [9.17, 15) is 4.39 Å². The lowest BCUT2D eigenvalue weighted by molar-refractivity contribution is -0.0317. The van der Waals surface area contributed by atoms with Gasteiger partial charge in [-0.2, -0.15) is 0 Å². The molecule has 22 heavy (non-hydrogen) atoms. The second-order valence-electron chi connectivity index (χ2n) is 6.85. The molecule has 2 aliphatic rings. The predicted molar refractivity (Wildman–Crippen MR) is 84.6 cm³/mol. The van der Waals surface area contributed by atoms with Gasteiger partial charge in [-0.1, -0.05) is 19.1 Å². The summed E-state index contributed by atoms with van der Waals surface area (Å²) >= 11 is 0. The lowest BCUT2D eigenvalue weighted by Gasteiger charge is -2.39. The minimum atomic E-state index is -0.166. The summed E-state index contributed by atoms with van der Waals surface area (Å²) in [5, 5.41) is 0. The molecule has 0 saturated carbocycles. The van der Waals surface area contributed by atoms with E-state index in [1.807, 2.05) is 12.1 Å². The molecule has 1 aromatic rings. The molecule has 2 heterocycles. The maximum Gasteiger partial charge on any atom is 0.123 e. The van der Waals surface area contributed by atoms with Crippen LogP contribution in [0.25, 0.3) is 0 Å². The maximum absolute atomic E-state index is 13.1. The van der Waals surface area contributed by atoms with Crippen LogP contribution in [0.2, 0.25) is 0 Å². The summed E-state index contributed by atoms with van der Waals surface area (Å²) in [5.74, 6) is 0.232. The Bertz CT molecular complexity index is 470. The predicted octanol–water partition coefficient (Wildman–Crippen LogP) is 3.06. The van der Waals surface area contributed by atoms with Crippen molar-refractivity contribution in [2.45, 2.75) is 25.7 Å². The molecule has 122 valence electrons. The van der Waals surface area contributed by atoms with Crippen molar-refractivity contribution in [3.63, 3.8) is 0 Å². The highest BCUT2D eigenvalue weighted by Crippen LogP contribution is 2.34. The number of benzene rings is 1. The lowest BCUT2D eigenvalue weighted by atomic mass is 9.80. The van der Waals surface area contributed by atoms with Crippen LogP contribution >= 0.6 is 0 Å². The average molecular weight is 307 g/mol. The van der Waals surface area contributed by atoms with E-state index in [1.165, 1.54) is 5.56 Å². The van der Waals surface area contributed by atoms with Gasteiger partial charge in [0.2, 0.25) is 0 Å². The molecule has 4 heteroatoms. The minimum absolute atomic E-state index is 0.166. The highest BCUT2D eigenvalue weighted by atomic mass is 19.1. The molecule has 0 amide bonds. The molecule has 3 rings (SSSR count). The Balaban J connectivity index is 1.64. The SMILES string of the molecule is C[C@H](CN1CCOCC2(CCOCC2)C1)c1ccc(F)cc1. The zero-order valence-electron chi connectivity index (χ0n) is 13.4. The molecule has 0 bridgehead atoms. The van der Waals surface area contributed by atoms with Crippen molar-refractivity contribution in [3.8, 4) is 0 Å². The van der Waals surface area contributed by atoms with Crippen LogP contribution in [0.5, 0.6) is 0 Å². The topological polar surface area (TPSA) is 21.7 Å². The Morgan fingerprint density at radius 3 is 2.59 bits per heavy atom. The molecule has 2 saturated heterocycles. The first kappa shape index (κ1) is 15.9. The molecule has 1 spiro atoms. The van der Waals surface area contributed by atoms with Crippen LogP contribution in [-0.2, 0) is 9.47 Å². The molecule has 0 N–H and O–H groups in total. The third-order valence-corrected chi connectivity index (χ3v) is 5.04. The number of hydrogen-bond acceptors (Lipinski definition) is 3. The van der Waals surface area contributed by atoms with Gasteiger partial charge in [0.1, 0.15) is 5.82 Å². The fraction of sp³-hybridized carbons (Fsp3) is 0.667. The molecular weight excluding hydrogens is 281 g/mol. The number of hydrogen-bond donors (Lipinski definition) is 0. The average Bonchev–Trinajstić information content (AvgIpc) is 2.71. The second-order valence-corrected chi connectivity index (χ2v) is 6.85. The molecule has 3 nitrogen and oxygen atoms in total. The summed E-state index contributed by atoms with van der Waals surface area (Å²) in [4.78, 5) is 2.52. The van der Waals surface area contributed by atoms with Gasteiger partial charge in [0, 0.05) is 38.3 Å². The fourth-order valence-corrected chi connectivity index (χ4v) is 3.63. The number of rotatable bonds is 3. The van der Waals surface area contributed by atoms with Gasteiger partial charge in [0.25, 0.3) is 0 Å². The molecular formula is C18H26FNO2. The lowest BCUT2D eigenvalue weighted by Crippen LogP contribution is -2.43. The van der Waals surface area contributed by atoms with Crippen molar-refractivity contribution >= 4 is 0 Å². The Kier molecular flexibility index (Phi) is 5.11. The monoisotopic (exact) mass is 307 g/mol. The fourth-order valence-electron chi connectivity index (χ4n) is 3.63. The Hall–Kier alpha value is -0.970. The van der Waals surface area contributed by atoms with Crippen molar-refractivity contribution in [2.75, 3.05) is 46.1 Å². The summed E-state index contributed by atoms with van der Waals surface area (Å²) in [7, 11) is 0. The third-order valence-electron chi connectivity index (χ3n) is 5.04. The summed E-state index contributed by atoms with van der Waals surface area (Å²) in [6.07, 6.45) is 2.18. The number of nitrogens with zero attached hydrogens (tertiary/aromatic N) is 1. The highest BCUT2D eigenvalue weighted by molar-refractivity contribution is 5.20. The van der Waals surface area contributed by atoms with Crippen LogP contribution in [0.3, 0.4) is 0 Å². The minimum Gasteiger partial charge on any atom is -0.381 e. The summed E-state index contributed by atoms with van der Waals surface area (Å²) < 4.78 is 24.5. The molecule has 0 radical (unpaired) electrons. The molecule has 1 aromatic carbocycles. The van der Waals surface area contributed by atoms with Crippen LogP contribution in [0, 0.1) is 11.2 Å². The molecule has 2 fully saturated rings. The van der Waals surface area contributed by atoms with Crippen LogP contribution in [0.1, 0.15) is 31.2 Å². The van der Waals surface area contributed by atoms with Crippen LogP contribution in [0.15, 0.2) is 24.3 Å². The summed E-state index contributed by atoms with van der Waals surface area (Å²) in [6.45, 7) is 8.65. The normalized spacial score (nSPS) is 24.1. The van der Waals surface area contributed by atoms with Gasteiger partial charge >= 0.3 is 0 Å². The molecule has 0 aliphatic carbocycles. The van der Waals surface area contributed by atoms with E-state index in [-0.39, 0.29) is 11.2 Å². The van der Waals surface area contributed by atoms with E-state index in [0.717, 1.165) is 58.9 Å². The highest BCUT2D eigenvalue weighted by Gasteiger charge is 2.36. The van der Waals surface area contributed by atoms with E-state index in [4.69, 9.17) is 9.47 Å². The van der Waals surface area contributed by atoms with Gasteiger partial charge in [-0.25, -0.2) is 4.39 Å². The molecule has 2 aliphatic heterocycles. The third kappa shape index (κ3) is 3.86. The van der Waals surface area contributed by atoms with Crippen molar-refractivity contribution in [1.82, 2.24) is 4.90 Å². The van der Waals surface area contributed by atoms with E-state index in [0.29, 0.717) is 5.92 Å².